The van der Waals surface area contributed by atoms with Crippen LogP contribution in [0.15, 0.2) is 42.5 Å². The Balaban J connectivity index is 1.59. The number of anilines is 2. The van der Waals surface area contributed by atoms with Gasteiger partial charge in [-0.1, -0.05) is 30.3 Å². The monoisotopic (exact) mass is 381 g/mol. The van der Waals surface area contributed by atoms with Crippen LogP contribution in [0.3, 0.4) is 0 Å². The van der Waals surface area contributed by atoms with Crippen LogP contribution in [0.4, 0.5) is 11.4 Å². The summed E-state index contributed by atoms with van der Waals surface area (Å²) in [5.41, 5.74) is 4.43. The molecule has 0 radical (unpaired) electrons. The molecule has 27 heavy (non-hydrogen) atoms. The first-order valence-corrected chi connectivity index (χ1v) is 9.40. The van der Waals surface area contributed by atoms with Gasteiger partial charge in [0, 0.05) is 17.3 Å². The van der Waals surface area contributed by atoms with Gasteiger partial charge in [-0.25, -0.2) is 0 Å². The Bertz CT molecular complexity index is 891. The first-order chi connectivity index (χ1) is 12.9. The van der Waals surface area contributed by atoms with Gasteiger partial charge in [0.1, 0.15) is 0 Å². The van der Waals surface area contributed by atoms with Crippen molar-refractivity contribution in [2.24, 2.45) is 5.92 Å². The van der Waals surface area contributed by atoms with Gasteiger partial charge in [-0.2, -0.15) is 0 Å². The van der Waals surface area contributed by atoms with Crippen molar-refractivity contribution in [3.63, 3.8) is 0 Å². The summed E-state index contributed by atoms with van der Waals surface area (Å²) in [5, 5.41) is 8.96. The first kappa shape index (κ1) is 19.0. The molecule has 1 saturated carbocycles. The zero-order valence-electron chi connectivity index (χ0n) is 15.5. The molecule has 5 nitrogen and oxygen atoms in total. The van der Waals surface area contributed by atoms with Gasteiger partial charge in [0.25, 0.3) is 0 Å². The molecular formula is C21H23N3O2S. The second kappa shape index (κ2) is 8.31. The largest absolute Gasteiger partial charge is 0.332 e. The number of hydrogen-bond acceptors (Lipinski definition) is 3. The van der Waals surface area contributed by atoms with Crippen molar-refractivity contribution in [3.05, 3.63) is 59.2 Å². The van der Waals surface area contributed by atoms with Crippen LogP contribution >= 0.6 is 12.2 Å². The average molecular weight is 382 g/mol. The highest BCUT2D eigenvalue weighted by Crippen LogP contribution is 2.31. The number of aryl methyl sites for hydroxylation is 1. The van der Waals surface area contributed by atoms with Crippen LogP contribution < -0.4 is 16.0 Å². The van der Waals surface area contributed by atoms with Crippen LogP contribution in [0.25, 0.3) is 0 Å². The molecule has 3 N–H and O–H groups in total. The molecule has 0 atom stereocenters. The average Bonchev–Trinajstić information content (AvgIpc) is 3.45. The van der Waals surface area contributed by atoms with Crippen LogP contribution in [0.1, 0.15) is 29.5 Å². The van der Waals surface area contributed by atoms with Crippen molar-refractivity contribution in [3.8, 4) is 0 Å². The molecule has 6 heteroatoms. The van der Waals surface area contributed by atoms with Crippen molar-refractivity contribution in [1.82, 2.24) is 5.32 Å². The van der Waals surface area contributed by atoms with Crippen LogP contribution in [0.5, 0.6) is 0 Å². The lowest BCUT2D eigenvalue weighted by Gasteiger charge is -2.15. The van der Waals surface area contributed by atoms with Gasteiger partial charge >= 0.3 is 0 Å². The zero-order valence-corrected chi connectivity index (χ0v) is 16.3. The van der Waals surface area contributed by atoms with E-state index in [4.69, 9.17) is 12.2 Å². The molecule has 0 spiro atoms. The van der Waals surface area contributed by atoms with E-state index in [9.17, 15) is 9.59 Å². The number of hydrogen-bond donors (Lipinski definition) is 3. The zero-order chi connectivity index (χ0) is 19.4. The number of rotatable bonds is 5. The number of nitrogens with one attached hydrogen (secondary N) is 3. The highest BCUT2D eigenvalue weighted by atomic mass is 32.1. The van der Waals surface area contributed by atoms with Crippen LogP contribution in [0, 0.1) is 19.8 Å². The minimum absolute atomic E-state index is 0.0596. The molecular weight excluding hydrogens is 358 g/mol. The summed E-state index contributed by atoms with van der Waals surface area (Å²) in [4.78, 5) is 24.2. The molecule has 0 heterocycles. The predicted molar refractivity (Wildman–Crippen MR) is 112 cm³/mol. The number of carbonyl (C=O) groups is 2. The molecule has 2 aromatic carbocycles. The molecule has 1 aliphatic rings. The lowest BCUT2D eigenvalue weighted by molar-refractivity contribution is -0.119. The predicted octanol–water partition coefficient (Wildman–Crippen LogP) is 3.71. The maximum Gasteiger partial charge on any atom is 0.230 e. The highest BCUT2D eigenvalue weighted by Gasteiger charge is 2.29. The summed E-state index contributed by atoms with van der Waals surface area (Å²) in [6.07, 6.45) is 2.19. The first-order valence-electron chi connectivity index (χ1n) is 9.00. The van der Waals surface area contributed by atoms with E-state index in [1.54, 1.807) is 0 Å². The lowest BCUT2D eigenvalue weighted by Crippen LogP contribution is -2.35. The summed E-state index contributed by atoms with van der Waals surface area (Å²) >= 11 is 5.27. The number of benzene rings is 2. The van der Waals surface area contributed by atoms with Crippen molar-refractivity contribution in [2.45, 2.75) is 33.1 Å². The topological polar surface area (TPSA) is 70.2 Å². The third kappa shape index (κ3) is 5.14. The molecule has 2 amide bonds. The van der Waals surface area contributed by atoms with Gasteiger partial charge in [0.2, 0.25) is 11.8 Å². The van der Waals surface area contributed by atoms with Gasteiger partial charge in [0.05, 0.1) is 6.42 Å². The summed E-state index contributed by atoms with van der Waals surface area (Å²) < 4.78 is 0. The van der Waals surface area contributed by atoms with E-state index in [2.05, 4.69) is 16.0 Å². The van der Waals surface area contributed by atoms with Gasteiger partial charge in [-0.3, -0.25) is 9.59 Å². The van der Waals surface area contributed by atoms with Gasteiger partial charge in [-0.15, -0.1) is 0 Å². The minimum atomic E-state index is -0.169. The Morgan fingerprint density at radius 1 is 1.00 bits per heavy atom. The molecule has 0 bridgehead atoms. The van der Waals surface area contributed by atoms with E-state index < -0.39 is 0 Å². The quantitative estimate of drug-likeness (QED) is 0.691. The highest BCUT2D eigenvalue weighted by molar-refractivity contribution is 7.80. The molecule has 0 unspecified atom stereocenters. The minimum Gasteiger partial charge on any atom is -0.332 e. The van der Waals surface area contributed by atoms with Crippen molar-refractivity contribution >= 4 is 40.5 Å². The lowest BCUT2D eigenvalue weighted by atomic mass is 10.1. The Hall–Kier alpha value is -2.73. The summed E-state index contributed by atoms with van der Waals surface area (Å²) in [7, 11) is 0. The van der Waals surface area contributed by atoms with E-state index in [0.717, 1.165) is 40.9 Å². The second-order valence-corrected chi connectivity index (χ2v) is 7.26. The fourth-order valence-electron chi connectivity index (χ4n) is 2.79. The van der Waals surface area contributed by atoms with Crippen LogP contribution in [0.2, 0.25) is 0 Å². The van der Waals surface area contributed by atoms with E-state index in [1.165, 1.54) is 0 Å². The molecule has 2 aromatic rings. The second-order valence-electron chi connectivity index (χ2n) is 6.85. The molecule has 0 saturated heterocycles. The molecule has 0 aromatic heterocycles. The summed E-state index contributed by atoms with van der Waals surface area (Å²) in [6.45, 7) is 3.88. The van der Waals surface area contributed by atoms with Crippen molar-refractivity contribution < 1.29 is 9.59 Å². The van der Waals surface area contributed by atoms with Crippen LogP contribution in [-0.2, 0) is 16.0 Å². The molecule has 1 aliphatic carbocycles. The van der Waals surface area contributed by atoms with Gasteiger partial charge in [-0.05, 0) is 67.7 Å². The third-order valence-corrected chi connectivity index (χ3v) is 4.86. The van der Waals surface area contributed by atoms with Crippen molar-refractivity contribution in [1.29, 1.82) is 0 Å². The van der Waals surface area contributed by atoms with E-state index in [1.807, 2.05) is 56.3 Å². The summed E-state index contributed by atoms with van der Waals surface area (Å²) in [5.74, 6) is 0.0322. The normalized spacial score (nSPS) is 13.0. The molecule has 1 fully saturated rings. The maximum absolute atomic E-state index is 12.2. The Morgan fingerprint density at radius 2 is 1.67 bits per heavy atom. The fraction of sp³-hybridized carbons (Fsp3) is 0.286. The summed E-state index contributed by atoms with van der Waals surface area (Å²) in [6, 6.07) is 13.3. The Kier molecular flexibility index (Phi) is 5.86. The maximum atomic E-state index is 12.2. The van der Waals surface area contributed by atoms with Crippen molar-refractivity contribution in [2.75, 3.05) is 10.6 Å². The van der Waals surface area contributed by atoms with E-state index >= 15 is 0 Å². The van der Waals surface area contributed by atoms with Gasteiger partial charge in [0.15, 0.2) is 5.11 Å². The SMILES string of the molecule is Cc1ccccc1CC(=O)NC(=S)Nc1cccc(NC(=O)C2CC2)c1C. The molecule has 140 valence electrons. The van der Waals surface area contributed by atoms with E-state index in [0.29, 0.717) is 0 Å². The smallest absolute Gasteiger partial charge is 0.230 e. The van der Waals surface area contributed by atoms with E-state index in [-0.39, 0.29) is 29.3 Å². The van der Waals surface area contributed by atoms with Crippen LogP contribution in [-0.4, -0.2) is 16.9 Å². The number of carbonyl (C=O) groups excluding carboxylic acids is 2. The Labute approximate surface area is 164 Å². The number of thiocarbonyl (C=S) groups is 1. The Morgan fingerprint density at radius 3 is 2.33 bits per heavy atom. The standard InChI is InChI=1S/C21H23N3O2S/c1-13-6-3-4-7-16(13)12-19(25)24-21(27)23-18-9-5-8-17(14(18)2)22-20(26)15-10-11-15/h3-9,15H,10-12H2,1-2H3,(H,22,26)(H2,23,24,25,27). The molecule has 0 aliphatic heterocycles. The number of amides is 2. The van der Waals surface area contributed by atoms with Gasteiger partial charge < -0.3 is 16.0 Å². The fourth-order valence-corrected chi connectivity index (χ4v) is 3.02. The molecule has 3 rings (SSSR count). The third-order valence-electron chi connectivity index (χ3n) is 4.65.